The molecule has 0 atom stereocenters. The molecule has 5 heteroatoms. The van der Waals surface area contributed by atoms with Crippen molar-refractivity contribution >= 4 is 66.0 Å². The smallest absolute Gasteiger partial charge is 0.456 e. The molecule has 0 N–H and O–H groups in total. The largest absolute Gasteiger partial charge is 0.498 e. The molecule has 3 heterocycles. The van der Waals surface area contributed by atoms with Gasteiger partial charge in [-0.1, -0.05) is 66.7 Å². The van der Waals surface area contributed by atoms with Crippen molar-refractivity contribution in [2.75, 3.05) is 0 Å². The SMILES string of the molecule is CC1(C)OB(c2cccc3c2oc2c(-c4ccc5c(c4)sc4ccccc45)cccc23)OC1(C)C. The molecular formula is C30H25BO3S. The van der Waals surface area contributed by atoms with E-state index in [0.717, 1.165) is 38.5 Å². The lowest BCUT2D eigenvalue weighted by Crippen LogP contribution is -2.41. The predicted molar refractivity (Wildman–Crippen MR) is 148 cm³/mol. The van der Waals surface area contributed by atoms with Crippen LogP contribution in [-0.4, -0.2) is 18.3 Å². The van der Waals surface area contributed by atoms with Gasteiger partial charge in [0.2, 0.25) is 0 Å². The van der Waals surface area contributed by atoms with Crippen molar-refractivity contribution in [2.45, 2.75) is 38.9 Å². The Hall–Kier alpha value is -3.12. The Labute approximate surface area is 208 Å². The van der Waals surface area contributed by atoms with Crippen LogP contribution in [0.4, 0.5) is 0 Å². The standard InChI is InChI=1S/C30H25BO3S/c1-29(2)30(3,4)34-31(33-29)24-13-8-12-23-22-11-7-10-19(27(22)32-28(23)24)18-15-16-21-20-9-5-6-14-25(20)35-26(21)17-18/h5-17H,1-4H3. The summed E-state index contributed by atoms with van der Waals surface area (Å²) in [7, 11) is -0.470. The third kappa shape index (κ3) is 3.05. The topological polar surface area (TPSA) is 31.6 Å². The third-order valence-electron chi connectivity index (χ3n) is 7.75. The van der Waals surface area contributed by atoms with Crippen LogP contribution < -0.4 is 5.46 Å². The summed E-state index contributed by atoms with van der Waals surface area (Å²) in [5.74, 6) is 0. The van der Waals surface area contributed by atoms with E-state index in [1.54, 1.807) is 0 Å². The summed E-state index contributed by atoms with van der Waals surface area (Å²) in [5, 5.41) is 4.80. The normalized spacial score (nSPS) is 17.3. The summed E-state index contributed by atoms with van der Waals surface area (Å²) < 4.78 is 22.0. The molecule has 1 aliphatic heterocycles. The highest BCUT2D eigenvalue weighted by Gasteiger charge is 2.52. The van der Waals surface area contributed by atoms with E-state index in [2.05, 4.69) is 107 Å². The first-order valence-corrected chi connectivity index (χ1v) is 12.9. The van der Waals surface area contributed by atoms with Crippen molar-refractivity contribution in [3.63, 3.8) is 0 Å². The summed E-state index contributed by atoms with van der Waals surface area (Å²) >= 11 is 1.84. The van der Waals surface area contributed by atoms with Crippen LogP contribution in [0.1, 0.15) is 27.7 Å². The highest BCUT2D eigenvalue weighted by atomic mass is 32.1. The average Bonchev–Trinajstić information content (AvgIpc) is 3.47. The molecule has 1 aliphatic rings. The quantitative estimate of drug-likeness (QED) is 0.238. The van der Waals surface area contributed by atoms with Crippen molar-refractivity contribution in [1.82, 2.24) is 0 Å². The molecule has 6 aromatic rings. The van der Waals surface area contributed by atoms with Gasteiger partial charge in [0.15, 0.2) is 0 Å². The summed E-state index contributed by atoms with van der Waals surface area (Å²) in [6.45, 7) is 8.31. The molecule has 0 radical (unpaired) electrons. The maximum Gasteiger partial charge on any atom is 0.498 e. The van der Waals surface area contributed by atoms with E-state index in [4.69, 9.17) is 13.7 Å². The lowest BCUT2D eigenvalue weighted by Gasteiger charge is -2.32. The number of benzene rings is 4. The van der Waals surface area contributed by atoms with Gasteiger partial charge in [-0.05, 0) is 45.4 Å². The summed E-state index contributed by atoms with van der Waals surface area (Å²) in [5.41, 5.74) is 4.10. The van der Waals surface area contributed by atoms with Crippen LogP contribution in [0.15, 0.2) is 83.3 Å². The van der Waals surface area contributed by atoms with E-state index < -0.39 is 18.3 Å². The summed E-state index contributed by atoms with van der Waals surface area (Å²) in [6, 6.07) is 28.0. The number of hydrogen-bond donors (Lipinski definition) is 0. The van der Waals surface area contributed by atoms with Crippen LogP contribution in [-0.2, 0) is 9.31 Å². The molecule has 7 rings (SSSR count). The first-order valence-electron chi connectivity index (χ1n) is 12.0. The zero-order valence-corrected chi connectivity index (χ0v) is 21.0. The number of hydrogen-bond acceptors (Lipinski definition) is 4. The van der Waals surface area contributed by atoms with E-state index in [1.165, 1.54) is 20.2 Å². The molecule has 172 valence electrons. The fourth-order valence-electron chi connectivity index (χ4n) is 5.12. The van der Waals surface area contributed by atoms with Crippen LogP contribution in [0, 0.1) is 0 Å². The zero-order valence-electron chi connectivity index (χ0n) is 20.2. The number of thiophene rings is 1. The highest BCUT2D eigenvalue weighted by molar-refractivity contribution is 7.25. The molecule has 4 aromatic carbocycles. The van der Waals surface area contributed by atoms with Gasteiger partial charge in [0.1, 0.15) is 11.2 Å². The van der Waals surface area contributed by atoms with Crippen molar-refractivity contribution in [1.29, 1.82) is 0 Å². The van der Waals surface area contributed by atoms with Crippen LogP contribution in [0.2, 0.25) is 0 Å². The molecule has 0 aliphatic carbocycles. The van der Waals surface area contributed by atoms with Crippen LogP contribution in [0.5, 0.6) is 0 Å². The van der Waals surface area contributed by atoms with E-state index in [-0.39, 0.29) is 0 Å². The Morgan fingerprint density at radius 2 is 1.29 bits per heavy atom. The van der Waals surface area contributed by atoms with Crippen LogP contribution in [0.25, 0.3) is 53.2 Å². The van der Waals surface area contributed by atoms with E-state index >= 15 is 0 Å². The molecule has 3 nitrogen and oxygen atoms in total. The lowest BCUT2D eigenvalue weighted by molar-refractivity contribution is 0.00578. The highest BCUT2D eigenvalue weighted by Crippen LogP contribution is 2.41. The second kappa shape index (κ2) is 7.20. The fourth-order valence-corrected chi connectivity index (χ4v) is 6.26. The summed E-state index contributed by atoms with van der Waals surface area (Å²) in [6.07, 6.45) is 0. The second-order valence-electron chi connectivity index (χ2n) is 10.4. The number of rotatable bonds is 2. The molecule has 1 fully saturated rings. The number of fused-ring (bicyclic) bond motifs is 6. The maximum atomic E-state index is 6.63. The molecule has 0 unspecified atom stereocenters. The first kappa shape index (κ1) is 21.2. The molecule has 35 heavy (non-hydrogen) atoms. The number of furan rings is 1. The third-order valence-corrected chi connectivity index (χ3v) is 8.89. The Morgan fingerprint density at radius 1 is 0.629 bits per heavy atom. The Bertz CT molecular complexity index is 1760. The number of para-hydroxylation sites is 2. The Kier molecular flexibility index (Phi) is 4.36. The average molecular weight is 476 g/mol. The molecule has 1 saturated heterocycles. The monoisotopic (exact) mass is 476 g/mol. The molecule has 0 bridgehead atoms. The molecule has 0 amide bonds. The van der Waals surface area contributed by atoms with Crippen molar-refractivity contribution in [3.05, 3.63) is 78.9 Å². The van der Waals surface area contributed by atoms with Gasteiger partial charge in [0.05, 0.1) is 11.2 Å². The van der Waals surface area contributed by atoms with Gasteiger partial charge in [-0.15, -0.1) is 11.3 Å². The van der Waals surface area contributed by atoms with Crippen LogP contribution >= 0.6 is 11.3 Å². The van der Waals surface area contributed by atoms with E-state index in [9.17, 15) is 0 Å². The van der Waals surface area contributed by atoms with Crippen molar-refractivity contribution < 1.29 is 13.7 Å². The van der Waals surface area contributed by atoms with Crippen LogP contribution in [0.3, 0.4) is 0 Å². The van der Waals surface area contributed by atoms with E-state index in [1.807, 2.05) is 11.3 Å². The minimum Gasteiger partial charge on any atom is -0.456 e. The van der Waals surface area contributed by atoms with Crippen molar-refractivity contribution in [3.8, 4) is 11.1 Å². The van der Waals surface area contributed by atoms with Gasteiger partial charge in [0, 0.05) is 42.0 Å². The van der Waals surface area contributed by atoms with Gasteiger partial charge < -0.3 is 13.7 Å². The molecule has 0 spiro atoms. The van der Waals surface area contributed by atoms with Gasteiger partial charge >= 0.3 is 7.12 Å². The predicted octanol–water partition coefficient (Wildman–Crippen LogP) is 7.92. The lowest BCUT2D eigenvalue weighted by atomic mass is 9.78. The minimum atomic E-state index is -0.470. The molecular weight excluding hydrogens is 451 g/mol. The Morgan fingerprint density at radius 3 is 2.09 bits per heavy atom. The summed E-state index contributed by atoms with van der Waals surface area (Å²) in [4.78, 5) is 0. The van der Waals surface area contributed by atoms with Gasteiger partial charge in [0.25, 0.3) is 0 Å². The minimum absolute atomic E-state index is 0.406. The second-order valence-corrected chi connectivity index (χ2v) is 11.5. The van der Waals surface area contributed by atoms with Gasteiger partial charge in [-0.3, -0.25) is 0 Å². The molecule has 0 saturated carbocycles. The Balaban J connectivity index is 1.41. The zero-order chi connectivity index (χ0) is 23.9. The molecule has 2 aromatic heterocycles. The van der Waals surface area contributed by atoms with Gasteiger partial charge in [-0.25, -0.2) is 0 Å². The fraction of sp³-hybridized carbons (Fsp3) is 0.200. The maximum absolute atomic E-state index is 6.63. The van der Waals surface area contributed by atoms with Gasteiger partial charge in [-0.2, -0.15) is 0 Å². The van der Waals surface area contributed by atoms with E-state index in [0.29, 0.717) is 0 Å². The first-order chi connectivity index (χ1) is 16.8. The van der Waals surface area contributed by atoms with Crippen molar-refractivity contribution in [2.24, 2.45) is 0 Å².